The molecule has 0 fully saturated rings. The summed E-state index contributed by atoms with van der Waals surface area (Å²) >= 11 is 6.04. The lowest BCUT2D eigenvalue weighted by atomic mass is 10.2. The van der Waals surface area contributed by atoms with Gasteiger partial charge in [-0.25, -0.2) is 13.8 Å². The van der Waals surface area contributed by atoms with Gasteiger partial charge in [-0.15, -0.1) is 0 Å². The van der Waals surface area contributed by atoms with Crippen molar-refractivity contribution in [2.75, 3.05) is 5.32 Å². The molecular weight excluding hydrogens is 386 g/mol. The van der Waals surface area contributed by atoms with E-state index in [2.05, 4.69) is 42.2 Å². The van der Waals surface area contributed by atoms with Crippen molar-refractivity contribution in [2.24, 2.45) is 0 Å². The van der Waals surface area contributed by atoms with Crippen molar-refractivity contribution in [1.82, 2.24) is 4.98 Å². The van der Waals surface area contributed by atoms with E-state index in [-0.39, 0.29) is 15.9 Å². The highest BCUT2D eigenvalue weighted by Gasteiger charge is 2.13. The molecule has 0 saturated heterocycles. The van der Waals surface area contributed by atoms with E-state index in [9.17, 15) is 13.6 Å². The van der Waals surface area contributed by atoms with Gasteiger partial charge in [-0.1, -0.05) is 0 Å². The first kappa shape index (κ1) is 14.1. The predicted octanol–water partition coefficient (Wildman–Crippen LogP) is 4.14. The van der Waals surface area contributed by atoms with Crippen LogP contribution in [0, 0.1) is 11.6 Å². The minimum atomic E-state index is -0.737. The third kappa shape index (κ3) is 3.36. The Balaban J connectivity index is 2.24. The molecule has 0 aliphatic carbocycles. The number of carbonyl (C=O) groups is 1. The molecule has 0 aliphatic heterocycles. The Morgan fingerprint density at radius 2 is 1.89 bits per heavy atom. The van der Waals surface area contributed by atoms with E-state index in [1.165, 1.54) is 12.3 Å². The SMILES string of the molecule is O=C(Nc1cc(F)c(Br)cc1F)c1ccc(Br)cn1. The van der Waals surface area contributed by atoms with Crippen LogP contribution >= 0.6 is 31.9 Å². The lowest BCUT2D eigenvalue weighted by Crippen LogP contribution is -2.14. The number of pyridine rings is 1. The maximum atomic E-state index is 13.5. The van der Waals surface area contributed by atoms with Crippen molar-refractivity contribution in [3.63, 3.8) is 0 Å². The molecule has 0 bridgehead atoms. The van der Waals surface area contributed by atoms with E-state index >= 15 is 0 Å². The third-order valence-electron chi connectivity index (χ3n) is 2.22. The molecule has 1 N–H and O–H groups in total. The van der Waals surface area contributed by atoms with Gasteiger partial charge in [0.25, 0.3) is 5.91 Å². The van der Waals surface area contributed by atoms with Gasteiger partial charge in [0, 0.05) is 16.7 Å². The number of amides is 1. The molecule has 1 heterocycles. The number of aromatic nitrogens is 1. The summed E-state index contributed by atoms with van der Waals surface area (Å²) < 4.78 is 27.5. The van der Waals surface area contributed by atoms with E-state index in [0.717, 1.165) is 12.1 Å². The van der Waals surface area contributed by atoms with Gasteiger partial charge in [0.15, 0.2) is 0 Å². The fourth-order valence-electron chi connectivity index (χ4n) is 1.31. The molecule has 2 rings (SSSR count). The molecule has 7 heteroatoms. The molecule has 98 valence electrons. The van der Waals surface area contributed by atoms with Gasteiger partial charge in [0.05, 0.1) is 10.2 Å². The second kappa shape index (κ2) is 5.75. The zero-order chi connectivity index (χ0) is 14.0. The van der Waals surface area contributed by atoms with Gasteiger partial charge in [0.2, 0.25) is 0 Å². The monoisotopic (exact) mass is 390 g/mol. The lowest BCUT2D eigenvalue weighted by Gasteiger charge is -2.07. The summed E-state index contributed by atoms with van der Waals surface area (Å²) in [7, 11) is 0. The second-order valence-corrected chi connectivity index (χ2v) is 5.33. The zero-order valence-corrected chi connectivity index (χ0v) is 12.4. The fourth-order valence-corrected chi connectivity index (χ4v) is 1.86. The number of hydrogen-bond acceptors (Lipinski definition) is 2. The largest absolute Gasteiger partial charge is 0.318 e. The number of rotatable bonds is 2. The van der Waals surface area contributed by atoms with Crippen LogP contribution in [-0.2, 0) is 0 Å². The molecule has 0 spiro atoms. The van der Waals surface area contributed by atoms with Gasteiger partial charge >= 0.3 is 0 Å². The van der Waals surface area contributed by atoms with Gasteiger partial charge in [-0.2, -0.15) is 0 Å². The van der Waals surface area contributed by atoms with Crippen LogP contribution in [0.1, 0.15) is 10.5 Å². The second-order valence-electron chi connectivity index (χ2n) is 3.56. The molecule has 1 amide bonds. The van der Waals surface area contributed by atoms with E-state index in [4.69, 9.17) is 0 Å². The normalized spacial score (nSPS) is 10.3. The van der Waals surface area contributed by atoms with Gasteiger partial charge in [0.1, 0.15) is 17.3 Å². The summed E-state index contributed by atoms with van der Waals surface area (Å²) in [5.74, 6) is -2.02. The highest BCUT2D eigenvalue weighted by Crippen LogP contribution is 2.23. The van der Waals surface area contributed by atoms with E-state index < -0.39 is 17.5 Å². The number of nitrogens with one attached hydrogen (secondary N) is 1. The molecule has 2 aromatic rings. The Bertz CT molecular complexity index is 632. The van der Waals surface area contributed by atoms with Crippen LogP contribution in [0.2, 0.25) is 0 Å². The van der Waals surface area contributed by atoms with Crippen molar-refractivity contribution >= 4 is 43.5 Å². The van der Waals surface area contributed by atoms with Crippen LogP contribution < -0.4 is 5.32 Å². The number of hydrogen-bond donors (Lipinski definition) is 1. The molecule has 0 aliphatic rings. The Morgan fingerprint density at radius 1 is 1.16 bits per heavy atom. The zero-order valence-electron chi connectivity index (χ0n) is 9.25. The van der Waals surface area contributed by atoms with Crippen molar-refractivity contribution in [1.29, 1.82) is 0 Å². The average molecular weight is 392 g/mol. The van der Waals surface area contributed by atoms with Crippen LogP contribution in [0.5, 0.6) is 0 Å². The number of nitrogens with zero attached hydrogens (tertiary/aromatic N) is 1. The Labute approximate surface area is 124 Å². The average Bonchev–Trinajstić information content (AvgIpc) is 2.36. The summed E-state index contributed by atoms with van der Waals surface area (Å²) in [5, 5.41) is 2.26. The maximum Gasteiger partial charge on any atom is 0.274 e. The standard InChI is InChI=1S/C12H6Br2F2N2O/c13-6-1-2-10(17-5-6)12(19)18-11-4-8(15)7(14)3-9(11)16/h1-5H,(H,18,19). The molecule has 0 saturated carbocycles. The van der Waals surface area contributed by atoms with E-state index in [1.54, 1.807) is 6.07 Å². The first-order valence-corrected chi connectivity index (χ1v) is 6.63. The third-order valence-corrected chi connectivity index (χ3v) is 3.29. The molecule has 0 radical (unpaired) electrons. The number of carbonyl (C=O) groups excluding carboxylic acids is 1. The molecule has 1 aromatic heterocycles. The first-order valence-electron chi connectivity index (χ1n) is 5.05. The number of benzene rings is 1. The Hall–Kier alpha value is -1.34. The highest BCUT2D eigenvalue weighted by molar-refractivity contribution is 9.10. The van der Waals surface area contributed by atoms with Crippen molar-refractivity contribution in [3.8, 4) is 0 Å². The summed E-state index contributed by atoms with van der Waals surface area (Å²) in [4.78, 5) is 15.6. The minimum Gasteiger partial charge on any atom is -0.318 e. The van der Waals surface area contributed by atoms with Crippen LogP contribution in [0.4, 0.5) is 14.5 Å². The Kier molecular flexibility index (Phi) is 4.26. The number of halogens is 4. The minimum absolute atomic E-state index is 0.00948. The molecule has 19 heavy (non-hydrogen) atoms. The van der Waals surface area contributed by atoms with Crippen molar-refractivity contribution in [2.45, 2.75) is 0 Å². The number of anilines is 1. The molecule has 3 nitrogen and oxygen atoms in total. The maximum absolute atomic E-state index is 13.5. The van der Waals surface area contributed by atoms with Crippen LogP contribution in [-0.4, -0.2) is 10.9 Å². The summed E-state index contributed by atoms with van der Waals surface area (Å²) in [5.41, 5.74) is -0.138. The van der Waals surface area contributed by atoms with Crippen LogP contribution in [0.25, 0.3) is 0 Å². The summed E-state index contributed by atoms with van der Waals surface area (Å²) in [6.45, 7) is 0. The smallest absolute Gasteiger partial charge is 0.274 e. The van der Waals surface area contributed by atoms with Crippen LogP contribution in [0.3, 0.4) is 0 Å². The quantitative estimate of drug-likeness (QED) is 0.782. The van der Waals surface area contributed by atoms with Gasteiger partial charge in [-0.05, 0) is 50.1 Å². The van der Waals surface area contributed by atoms with E-state index in [0.29, 0.717) is 4.47 Å². The van der Waals surface area contributed by atoms with Crippen molar-refractivity contribution in [3.05, 3.63) is 56.7 Å². The molecule has 1 aromatic carbocycles. The highest BCUT2D eigenvalue weighted by atomic mass is 79.9. The predicted molar refractivity (Wildman–Crippen MR) is 73.9 cm³/mol. The molecule has 0 unspecified atom stereocenters. The van der Waals surface area contributed by atoms with Gasteiger partial charge < -0.3 is 5.32 Å². The fraction of sp³-hybridized carbons (Fsp3) is 0. The first-order chi connectivity index (χ1) is 8.97. The lowest BCUT2D eigenvalue weighted by molar-refractivity contribution is 0.102. The van der Waals surface area contributed by atoms with Crippen LogP contribution in [0.15, 0.2) is 39.4 Å². The Morgan fingerprint density at radius 3 is 2.53 bits per heavy atom. The molecular formula is C12H6Br2F2N2O. The van der Waals surface area contributed by atoms with Crippen molar-refractivity contribution < 1.29 is 13.6 Å². The summed E-state index contributed by atoms with van der Waals surface area (Å²) in [6, 6.07) is 4.93. The van der Waals surface area contributed by atoms with Gasteiger partial charge in [-0.3, -0.25) is 4.79 Å². The summed E-state index contributed by atoms with van der Waals surface area (Å²) in [6.07, 6.45) is 1.44. The topological polar surface area (TPSA) is 42.0 Å². The molecule has 0 atom stereocenters. The van der Waals surface area contributed by atoms with E-state index in [1.807, 2.05) is 0 Å².